The normalized spacial score (nSPS) is 37.7. The number of aromatic nitrogens is 8. The number of H-pyrrole nitrogens is 1. The molecule has 0 aliphatic carbocycles. The second-order valence-corrected chi connectivity index (χ2v) is 15.0. The third-order valence-electron chi connectivity index (χ3n) is 8.07. The van der Waals surface area contributed by atoms with E-state index < -0.39 is 82.2 Å². The van der Waals surface area contributed by atoms with Crippen molar-refractivity contribution in [3.05, 3.63) is 35.2 Å². The highest BCUT2D eigenvalue weighted by atomic mass is 31.2. The first kappa shape index (κ1) is 30.5. The van der Waals surface area contributed by atoms with Crippen molar-refractivity contribution in [3.8, 4) is 0 Å². The van der Waals surface area contributed by atoms with E-state index >= 15 is 0 Å². The minimum absolute atomic E-state index is 0.0342. The van der Waals surface area contributed by atoms with Crippen LogP contribution in [0.1, 0.15) is 31.1 Å². The van der Waals surface area contributed by atoms with Gasteiger partial charge in [0.15, 0.2) is 35.1 Å². The lowest BCUT2D eigenvalue weighted by Gasteiger charge is -2.26. The molecule has 0 aromatic carbocycles. The number of fused-ring (bicyclic) bond motifs is 5. The van der Waals surface area contributed by atoms with Crippen LogP contribution >= 0.6 is 15.2 Å². The second-order valence-electron chi connectivity index (χ2n) is 11.1. The van der Waals surface area contributed by atoms with Gasteiger partial charge in [0.25, 0.3) is 5.56 Å². The van der Waals surface area contributed by atoms with Crippen molar-refractivity contribution in [2.75, 3.05) is 18.1 Å². The summed E-state index contributed by atoms with van der Waals surface area (Å²) in [6.07, 6.45) is -8.64. The molecule has 45 heavy (non-hydrogen) atoms. The van der Waals surface area contributed by atoms with Gasteiger partial charge in [-0.05, 0) is 19.8 Å². The molecule has 7 N–H and O–H groups in total. The van der Waals surface area contributed by atoms with Gasteiger partial charge in [0.05, 0.1) is 37.2 Å². The van der Waals surface area contributed by atoms with Crippen LogP contribution in [0.15, 0.2) is 23.8 Å². The Morgan fingerprint density at radius 1 is 0.867 bits per heavy atom. The molecule has 10 atom stereocenters. The first-order valence-electron chi connectivity index (χ1n) is 13.9. The van der Waals surface area contributed by atoms with Gasteiger partial charge in [0.2, 0.25) is 0 Å². The van der Waals surface area contributed by atoms with Gasteiger partial charge in [-0.15, -0.1) is 0 Å². The predicted molar refractivity (Wildman–Crippen MR) is 151 cm³/mol. The molecule has 22 heteroatoms. The number of nitrogens with two attached hydrogens (primary N) is 1. The summed E-state index contributed by atoms with van der Waals surface area (Å²) in [5.74, 6) is 0.350. The SMILES string of the molecule is Cc1nc2c(ncn2C2OC3CCP(=O)(O)OC4C(CCP(=O)(O)OC2C3O)OC(n2cnc3c(N)ncnc32)C4O)c(=O)[nH]1. The number of anilines is 1. The lowest BCUT2D eigenvalue weighted by molar-refractivity contribution is -0.0374. The molecule has 0 amide bonds. The van der Waals surface area contributed by atoms with Gasteiger partial charge in [-0.25, -0.2) is 24.9 Å². The predicted octanol–water partition coefficient (Wildman–Crippen LogP) is -0.698. The van der Waals surface area contributed by atoms with Crippen LogP contribution in [0.5, 0.6) is 0 Å². The van der Waals surface area contributed by atoms with E-state index in [1.807, 2.05) is 0 Å². The number of aliphatic hydroxyl groups is 2. The summed E-state index contributed by atoms with van der Waals surface area (Å²) in [5, 5.41) is 22.4. The zero-order valence-electron chi connectivity index (χ0n) is 23.4. The molecule has 3 aliphatic rings. The van der Waals surface area contributed by atoms with Gasteiger partial charge in [0.1, 0.15) is 42.1 Å². The van der Waals surface area contributed by atoms with Gasteiger partial charge in [-0.3, -0.25) is 32.1 Å². The molecule has 7 heterocycles. The maximum atomic E-state index is 13.5. The molecule has 4 aromatic heterocycles. The van der Waals surface area contributed by atoms with E-state index in [2.05, 4.69) is 29.9 Å². The number of ether oxygens (including phenoxy) is 2. The maximum absolute atomic E-state index is 13.5. The Kier molecular flexibility index (Phi) is 7.44. The molecule has 3 fully saturated rings. The average Bonchev–Trinajstić information content (AvgIpc) is 3.72. The summed E-state index contributed by atoms with van der Waals surface area (Å²) in [6.45, 7) is 1.55. The fourth-order valence-electron chi connectivity index (χ4n) is 5.95. The molecule has 10 unspecified atom stereocenters. The van der Waals surface area contributed by atoms with E-state index in [0.29, 0.717) is 0 Å². The third kappa shape index (κ3) is 5.40. The summed E-state index contributed by atoms with van der Waals surface area (Å²) in [7, 11) is -9.04. The molecule has 0 saturated carbocycles. The van der Waals surface area contributed by atoms with Gasteiger partial charge >= 0.3 is 15.2 Å². The second kappa shape index (κ2) is 11.0. The number of aromatic amines is 1. The Bertz CT molecular complexity index is 1930. The summed E-state index contributed by atoms with van der Waals surface area (Å²) in [5.41, 5.74) is 5.85. The van der Waals surface area contributed by atoms with Gasteiger partial charge in [-0.1, -0.05) is 0 Å². The summed E-state index contributed by atoms with van der Waals surface area (Å²) < 4.78 is 52.7. The Morgan fingerprint density at radius 2 is 1.49 bits per heavy atom. The minimum Gasteiger partial charge on any atom is -0.387 e. The molecule has 0 radical (unpaired) electrons. The van der Waals surface area contributed by atoms with Crippen molar-refractivity contribution in [1.82, 2.24) is 39.0 Å². The lowest BCUT2D eigenvalue weighted by Crippen LogP contribution is -2.34. The molecule has 4 aromatic rings. The number of rotatable bonds is 2. The van der Waals surface area contributed by atoms with E-state index in [-0.39, 0.29) is 46.8 Å². The Labute approximate surface area is 252 Å². The molecule has 20 nitrogen and oxygen atoms in total. The first-order chi connectivity index (χ1) is 21.3. The fraction of sp³-hybridized carbons (Fsp3) is 0.565. The van der Waals surface area contributed by atoms with Gasteiger partial charge in [0, 0.05) is 0 Å². The monoisotopic (exact) mass is 669 g/mol. The number of nitrogens with zero attached hydrogens (tertiary/aromatic N) is 7. The standard InChI is InChI=1S/C23H29N9O11P2/c1-9-29-20-13(21(35)30-9)28-8-32(20)23-17-14(33)10(40-23)2-4-44(36,37)42-16-11(3-5-45(38,39)43-17)41-22(15(16)34)31-7-27-12-18(24)25-6-26-19(12)31/h6-8,10-11,14-17,22-23,33-34H,2-5H2,1H3,(H,36,37)(H,38,39)(H2,24,25,26)(H,29,30,35). The van der Waals surface area contributed by atoms with Crippen LogP contribution in [0.25, 0.3) is 22.3 Å². The van der Waals surface area contributed by atoms with Crippen LogP contribution < -0.4 is 11.3 Å². The van der Waals surface area contributed by atoms with Crippen LogP contribution in [-0.2, 0) is 27.7 Å². The first-order valence-corrected chi connectivity index (χ1v) is 17.4. The van der Waals surface area contributed by atoms with Crippen LogP contribution in [0.4, 0.5) is 5.82 Å². The van der Waals surface area contributed by atoms with E-state index in [0.717, 1.165) is 0 Å². The van der Waals surface area contributed by atoms with Crippen molar-refractivity contribution in [2.24, 2.45) is 0 Å². The minimum atomic E-state index is -4.55. The largest absolute Gasteiger partial charge is 0.387 e. The molecule has 242 valence electrons. The quantitative estimate of drug-likeness (QED) is 0.144. The van der Waals surface area contributed by atoms with Gasteiger partial charge < -0.3 is 40.2 Å². The van der Waals surface area contributed by atoms with Crippen LogP contribution in [0.2, 0.25) is 0 Å². The Morgan fingerprint density at radius 3 is 2.22 bits per heavy atom. The molecule has 7 rings (SSSR count). The molecular weight excluding hydrogens is 640 g/mol. The zero-order chi connectivity index (χ0) is 31.8. The highest BCUT2D eigenvalue weighted by Crippen LogP contribution is 2.54. The highest BCUT2D eigenvalue weighted by molar-refractivity contribution is 7.53. The van der Waals surface area contributed by atoms with Crippen LogP contribution in [-0.4, -0.2) is 108 Å². The molecule has 0 spiro atoms. The zero-order valence-corrected chi connectivity index (χ0v) is 25.2. The molecule has 3 aliphatic heterocycles. The van der Waals surface area contributed by atoms with Crippen molar-refractivity contribution in [3.63, 3.8) is 0 Å². The topological polar surface area (TPSA) is 285 Å². The van der Waals surface area contributed by atoms with Crippen LogP contribution in [0.3, 0.4) is 0 Å². The van der Waals surface area contributed by atoms with E-state index in [1.54, 1.807) is 6.92 Å². The number of imidazole rings is 2. The number of nitrogen functional groups attached to an aromatic ring is 1. The van der Waals surface area contributed by atoms with Crippen molar-refractivity contribution in [2.45, 2.75) is 68.8 Å². The maximum Gasteiger partial charge on any atom is 0.328 e. The summed E-state index contributed by atoms with van der Waals surface area (Å²) in [4.78, 5) is 57.3. The number of aliphatic hydroxyl groups excluding tert-OH is 2. The van der Waals surface area contributed by atoms with Crippen molar-refractivity contribution in [1.29, 1.82) is 0 Å². The molecule has 2 bridgehead atoms. The molecule has 3 saturated heterocycles. The summed E-state index contributed by atoms with van der Waals surface area (Å²) in [6, 6.07) is 0. The van der Waals surface area contributed by atoms with Gasteiger partial charge in [-0.2, -0.15) is 0 Å². The number of hydrogen-bond donors (Lipinski definition) is 6. The molecular formula is C23H29N9O11P2. The van der Waals surface area contributed by atoms with Crippen LogP contribution in [0, 0.1) is 6.92 Å². The van der Waals surface area contributed by atoms with E-state index in [9.17, 15) is 33.9 Å². The number of nitrogens with one attached hydrogen (secondary N) is 1. The average molecular weight is 669 g/mol. The van der Waals surface area contributed by atoms with E-state index in [1.165, 1.54) is 28.1 Å². The fourth-order valence-corrected chi connectivity index (χ4v) is 8.57. The van der Waals surface area contributed by atoms with Crippen molar-refractivity contribution < 1.29 is 47.7 Å². The third-order valence-corrected chi connectivity index (χ3v) is 10.9. The Balaban J connectivity index is 1.21. The number of aryl methyl sites for hydroxylation is 1. The van der Waals surface area contributed by atoms with Crippen molar-refractivity contribution >= 4 is 43.3 Å². The summed E-state index contributed by atoms with van der Waals surface area (Å²) >= 11 is 0. The lowest BCUT2D eigenvalue weighted by atomic mass is 10.1. The highest BCUT2D eigenvalue weighted by Gasteiger charge is 2.53. The van der Waals surface area contributed by atoms with E-state index in [4.69, 9.17) is 24.3 Å². The number of hydrogen-bond acceptors (Lipinski definition) is 15. The smallest absolute Gasteiger partial charge is 0.328 e. The Hall–Kier alpha value is -3.16.